The molecule has 0 spiro atoms. The van der Waals surface area contributed by atoms with Gasteiger partial charge in [0.05, 0.1) is 14.2 Å². The summed E-state index contributed by atoms with van der Waals surface area (Å²) in [5.41, 5.74) is 1.82. The maximum absolute atomic E-state index is 11.9. The van der Waals surface area contributed by atoms with Gasteiger partial charge in [-0.2, -0.15) is 4.98 Å². The maximum atomic E-state index is 11.9. The first-order chi connectivity index (χ1) is 10.1. The third kappa shape index (κ3) is 3.13. The van der Waals surface area contributed by atoms with Crippen LogP contribution in [0.2, 0.25) is 0 Å². The van der Waals surface area contributed by atoms with Crippen molar-refractivity contribution in [3.63, 3.8) is 0 Å². The third-order valence-electron chi connectivity index (χ3n) is 3.08. The summed E-state index contributed by atoms with van der Waals surface area (Å²) in [6.07, 6.45) is 0. The number of aromatic nitrogens is 2. The number of hydrogen-bond acceptors (Lipinski definition) is 6. The minimum Gasteiger partial charge on any atom is -0.493 e. The van der Waals surface area contributed by atoms with Crippen LogP contribution in [0.5, 0.6) is 11.5 Å². The second kappa shape index (κ2) is 6.25. The second-order valence-corrected chi connectivity index (χ2v) is 4.40. The molecule has 1 N–H and O–H groups in total. The van der Waals surface area contributed by atoms with Crippen molar-refractivity contribution in [1.82, 2.24) is 15.5 Å². The van der Waals surface area contributed by atoms with Gasteiger partial charge in [-0.3, -0.25) is 4.79 Å². The van der Waals surface area contributed by atoms with Crippen LogP contribution in [0.4, 0.5) is 0 Å². The van der Waals surface area contributed by atoms with E-state index in [9.17, 15) is 4.79 Å². The number of rotatable bonds is 5. The molecule has 0 aliphatic carbocycles. The number of hydrogen-bond donors (Lipinski definition) is 1. The van der Waals surface area contributed by atoms with E-state index in [0.29, 0.717) is 23.9 Å². The smallest absolute Gasteiger partial charge is 0.292 e. The molecule has 1 aromatic heterocycles. The summed E-state index contributed by atoms with van der Waals surface area (Å²) < 4.78 is 15.3. The van der Waals surface area contributed by atoms with Crippen LogP contribution in [-0.4, -0.2) is 30.3 Å². The third-order valence-corrected chi connectivity index (χ3v) is 3.08. The van der Waals surface area contributed by atoms with Gasteiger partial charge in [-0.25, -0.2) is 0 Å². The van der Waals surface area contributed by atoms with Crippen molar-refractivity contribution >= 4 is 5.91 Å². The Morgan fingerprint density at radius 3 is 2.62 bits per heavy atom. The highest BCUT2D eigenvalue weighted by Gasteiger charge is 2.15. The minimum atomic E-state index is -0.388. The van der Waals surface area contributed by atoms with Gasteiger partial charge >= 0.3 is 0 Å². The Labute approximate surface area is 122 Å². The summed E-state index contributed by atoms with van der Waals surface area (Å²) in [6.45, 7) is 3.86. The molecule has 1 amide bonds. The maximum Gasteiger partial charge on any atom is 0.292 e. The molecule has 2 aromatic rings. The molecule has 7 nitrogen and oxygen atoms in total. The number of benzene rings is 1. The largest absolute Gasteiger partial charge is 0.493 e. The van der Waals surface area contributed by atoms with Crippen molar-refractivity contribution in [3.8, 4) is 11.5 Å². The Bertz CT molecular complexity index is 652. The van der Waals surface area contributed by atoms with E-state index in [1.165, 1.54) is 0 Å². The van der Waals surface area contributed by atoms with Gasteiger partial charge in [0, 0.05) is 13.5 Å². The van der Waals surface area contributed by atoms with Crippen LogP contribution in [-0.2, 0) is 6.54 Å². The van der Waals surface area contributed by atoms with Gasteiger partial charge in [0.25, 0.3) is 11.7 Å². The number of ether oxygens (including phenoxy) is 2. The highest BCUT2D eigenvalue weighted by Crippen LogP contribution is 2.32. The van der Waals surface area contributed by atoms with Gasteiger partial charge in [0.15, 0.2) is 11.5 Å². The molecule has 0 saturated heterocycles. The molecule has 0 atom stereocenters. The molecule has 0 bridgehead atoms. The molecule has 112 valence electrons. The standard InChI is InChI=1S/C14H17N3O4/c1-8-10(5-6-11(19-3)12(8)20-4)7-15-14(18)13-16-9(2)21-17-13/h5-6H,7H2,1-4H3,(H,15,18). The number of nitrogens with zero attached hydrogens (tertiary/aromatic N) is 2. The first-order valence-corrected chi connectivity index (χ1v) is 6.35. The SMILES string of the molecule is COc1ccc(CNC(=O)c2noc(C)n2)c(C)c1OC. The van der Waals surface area contributed by atoms with Gasteiger partial charge < -0.3 is 19.3 Å². The number of amides is 1. The number of aryl methyl sites for hydroxylation is 1. The topological polar surface area (TPSA) is 86.5 Å². The summed E-state index contributed by atoms with van der Waals surface area (Å²) in [7, 11) is 3.16. The molecule has 0 aliphatic heterocycles. The summed E-state index contributed by atoms with van der Waals surface area (Å²) >= 11 is 0. The molecule has 0 saturated carbocycles. The lowest BCUT2D eigenvalue weighted by molar-refractivity contribution is 0.0937. The van der Waals surface area contributed by atoms with Gasteiger partial charge in [0.1, 0.15) is 0 Å². The summed E-state index contributed by atoms with van der Waals surface area (Å²) in [6, 6.07) is 3.67. The van der Waals surface area contributed by atoms with Crippen LogP contribution in [0.3, 0.4) is 0 Å². The fraction of sp³-hybridized carbons (Fsp3) is 0.357. The summed E-state index contributed by atoms with van der Waals surface area (Å²) in [5, 5.41) is 6.31. The van der Waals surface area contributed by atoms with E-state index in [0.717, 1.165) is 11.1 Å². The van der Waals surface area contributed by atoms with E-state index < -0.39 is 0 Å². The van der Waals surface area contributed by atoms with Crippen molar-refractivity contribution in [2.75, 3.05) is 14.2 Å². The first kappa shape index (κ1) is 14.8. The van der Waals surface area contributed by atoms with Gasteiger partial charge in [-0.05, 0) is 24.1 Å². The molecular formula is C14H17N3O4. The monoisotopic (exact) mass is 291 g/mol. The Balaban J connectivity index is 2.11. The fourth-order valence-electron chi connectivity index (χ4n) is 1.96. The number of methoxy groups -OCH3 is 2. The Hall–Kier alpha value is -2.57. The van der Waals surface area contributed by atoms with Crippen molar-refractivity contribution < 1.29 is 18.8 Å². The summed E-state index contributed by atoms with van der Waals surface area (Å²) in [5.74, 6) is 1.28. The van der Waals surface area contributed by atoms with Gasteiger partial charge in [-0.15, -0.1) is 0 Å². The lowest BCUT2D eigenvalue weighted by Crippen LogP contribution is -2.24. The van der Waals surface area contributed by atoms with Crippen LogP contribution >= 0.6 is 0 Å². The fourth-order valence-corrected chi connectivity index (χ4v) is 1.96. The molecular weight excluding hydrogens is 274 g/mol. The van der Waals surface area contributed by atoms with E-state index in [-0.39, 0.29) is 11.7 Å². The second-order valence-electron chi connectivity index (χ2n) is 4.40. The molecule has 0 unspecified atom stereocenters. The van der Waals surface area contributed by atoms with Crippen LogP contribution in [0.25, 0.3) is 0 Å². The molecule has 0 radical (unpaired) electrons. The Kier molecular flexibility index (Phi) is 4.42. The predicted octanol–water partition coefficient (Wildman–Crippen LogP) is 1.63. The number of carbonyl (C=O) groups is 1. The number of nitrogens with one attached hydrogen (secondary N) is 1. The number of carbonyl (C=O) groups excluding carboxylic acids is 1. The highest BCUT2D eigenvalue weighted by atomic mass is 16.5. The van der Waals surface area contributed by atoms with E-state index in [2.05, 4.69) is 15.5 Å². The molecule has 1 heterocycles. The van der Waals surface area contributed by atoms with E-state index in [1.807, 2.05) is 13.0 Å². The Morgan fingerprint density at radius 1 is 1.29 bits per heavy atom. The van der Waals surface area contributed by atoms with Crippen LogP contribution in [0, 0.1) is 13.8 Å². The van der Waals surface area contributed by atoms with Crippen molar-refractivity contribution in [3.05, 3.63) is 35.0 Å². The Morgan fingerprint density at radius 2 is 2.05 bits per heavy atom. The van der Waals surface area contributed by atoms with Crippen LogP contribution in [0.15, 0.2) is 16.7 Å². The van der Waals surface area contributed by atoms with Crippen LogP contribution in [0.1, 0.15) is 27.6 Å². The summed E-state index contributed by atoms with van der Waals surface area (Å²) in [4.78, 5) is 15.7. The molecule has 1 aromatic carbocycles. The zero-order valence-corrected chi connectivity index (χ0v) is 12.4. The molecule has 7 heteroatoms. The quantitative estimate of drug-likeness (QED) is 0.901. The average molecular weight is 291 g/mol. The van der Waals surface area contributed by atoms with Crippen LogP contribution < -0.4 is 14.8 Å². The van der Waals surface area contributed by atoms with Crippen molar-refractivity contribution in [1.29, 1.82) is 0 Å². The first-order valence-electron chi connectivity index (χ1n) is 6.35. The van der Waals surface area contributed by atoms with Gasteiger partial charge in [-0.1, -0.05) is 11.2 Å². The molecule has 0 fully saturated rings. The normalized spacial score (nSPS) is 10.3. The lowest BCUT2D eigenvalue weighted by atomic mass is 10.1. The van der Waals surface area contributed by atoms with Gasteiger partial charge in [0.2, 0.25) is 5.89 Å². The van der Waals surface area contributed by atoms with E-state index in [1.54, 1.807) is 27.2 Å². The zero-order valence-electron chi connectivity index (χ0n) is 12.4. The highest BCUT2D eigenvalue weighted by molar-refractivity contribution is 5.90. The predicted molar refractivity (Wildman–Crippen MR) is 74.5 cm³/mol. The molecule has 2 rings (SSSR count). The zero-order chi connectivity index (χ0) is 15.4. The van der Waals surface area contributed by atoms with Crippen molar-refractivity contribution in [2.45, 2.75) is 20.4 Å². The average Bonchev–Trinajstić information content (AvgIpc) is 2.92. The molecule has 0 aliphatic rings. The van der Waals surface area contributed by atoms with E-state index in [4.69, 9.17) is 14.0 Å². The van der Waals surface area contributed by atoms with Crippen molar-refractivity contribution in [2.24, 2.45) is 0 Å². The minimum absolute atomic E-state index is 0.0191. The lowest BCUT2D eigenvalue weighted by Gasteiger charge is -2.14. The van der Waals surface area contributed by atoms with E-state index >= 15 is 0 Å². The molecule has 21 heavy (non-hydrogen) atoms.